The Hall–Kier alpha value is -2.90. The van der Waals surface area contributed by atoms with E-state index in [9.17, 15) is 9.18 Å². The third-order valence-electron chi connectivity index (χ3n) is 5.27. The predicted molar refractivity (Wildman–Crippen MR) is 112 cm³/mol. The number of carbonyl (C=O) groups is 1. The van der Waals surface area contributed by atoms with Gasteiger partial charge in [-0.1, -0.05) is 23.2 Å². The number of carbonyl (C=O) groups excluding carboxylic acids is 1. The number of rotatable bonds is 2. The summed E-state index contributed by atoms with van der Waals surface area (Å²) in [5.41, 5.74) is 2.96. The number of anilines is 2. The summed E-state index contributed by atoms with van der Waals surface area (Å²) in [7, 11) is 0. The summed E-state index contributed by atoms with van der Waals surface area (Å²) >= 11 is 12.8. The van der Waals surface area contributed by atoms with Gasteiger partial charge in [0.1, 0.15) is 23.4 Å². The van der Waals surface area contributed by atoms with Crippen LogP contribution in [0.1, 0.15) is 29.3 Å². The van der Waals surface area contributed by atoms with E-state index < -0.39 is 11.9 Å². The van der Waals surface area contributed by atoms with E-state index in [1.807, 2.05) is 0 Å². The van der Waals surface area contributed by atoms with Crippen LogP contribution in [0.2, 0.25) is 10.0 Å². The molecule has 1 unspecified atom stereocenters. The van der Waals surface area contributed by atoms with Crippen molar-refractivity contribution in [3.8, 4) is 5.75 Å². The third-order valence-corrected chi connectivity index (χ3v) is 5.89. The van der Waals surface area contributed by atoms with Crippen molar-refractivity contribution >= 4 is 40.6 Å². The molecule has 2 aliphatic rings. The Labute approximate surface area is 181 Å². The van der Waals surface area contributed by atoms with Crippen molar-refractivity contribution < 1.29 is 13.9 Å². The maximum absolute atomic E-state index is 14.2. The zero-order chi connectivity index (χ0) is 20.8. The molecule has 1 aromatic carbocycles. The molecule has 0 spiro atoms. The Balaban J connectivity index is 1.50. The summed E-state index contributed by atoms with van der Waals surface area (Å²) < 4.78 is 20.2. The predicted octanol–water partition coefficient (Wildman–Crippen LogP) is 5.54. The molecule has 152 valence electrons. The fraction of sp³-hybridized carbons (Fsp3) is 0.190. The maximum Gasteiger partial charge on any atom is 0.326 e. The van der Waals surface area contributed by atoms with Gasteiger partial charge in [0.15, 0.2) is 0 Å². The van der Waals surface area contributed by atoms with E-state index in [1.165, 1.54) is 17.2 Å². The highest BCUT2D eigenvalue weighted by Crippen LogP contribution is 2.42. The summed E-state index contributed by atoms with van der Waals surface area (Å²) in [6.07, 6.45) is 5.35. The van der Waals surface area contributed by atoms with Crippen LogP contribution in [0.4, 0.5) is 20.6 Å². The first kappa shape index (κ1) is 19.1. The van der Waals surface area contributed by atoms with Crippen molar-refractivity contribution in [3.63, 3.8) is 0 Å². The lowest BCUT2D eigenvalue weighted by Crippen LogP contribution is -2.39. The van der Waals surface area contributed by atoms with Crippen LogP contribution in [0.15, 0.2) is 42.9 Å². The number of aryl methyl sites for hydroxylation is 1. The number of hydrogen-bond acceptors (Lipinski definition) is 4. The lowest BCUT2D eigenvalue weighted by Gasteiger charge is -2.32. The Morgan fingerprint density at radius 1 is 1.23 bits per heavy atom. The van der Waals surface area contributed by atoms with E-state index in [1.54, 1.807) is 30.6 Å². The van der Waals surface area contributed by atoms with Gasteiger partial charge in [0, 0.05) is 24.0 Å². The number of halogens is 3. The molecule has 2 amide bonds. The highest BCUT2D eigenvalue weighted by molar-refractivity contribution is 6.34. The van der Waals surface area contributed by atoms with Crippen molar-refractivity contribution in [2.45, 2.75) is 25.5 Å². The number of hydrogen-bond donors (Lipinski definition) is 1. The first-order valence-electron chi connectivity index (χ1n) is 9.31. The molecule has 0 saturated heterocycles. The van der Waals surface area contributed by atoms with Crippen LogP contribution in [0.25, 0.3) is 0 Å². The molecule has 0 radical (unpaired) electrons. The van der Waals surface area contributed by atoms with Crippen LogP contribution < -0.4 is 15.0 Å². The molecule has 1 N–H and O–H groups in total. The van der Waals surface area contributed by atoms with E-state index in [-0.39, 0.29) is 18.3 Å². The Morgan fingerprint density at radius 3 is 2.93 bits per heavy atom. The van der Waals surface area contributed by atoms with Crippen molar-refractivity contribution in [3.05, 3.63) is 75.5 Å². The second-order valence-electron chi connectivity index (χ2n) is 7.09. The van der Waals surface area contributed by atoms with Gasteiger partial charge < -0.3 is 10.1 Å². The Morgan fingerprint density at radius 2 is 2.10 bits per heavy atom. The molecule has 0 saturated carbocycles. The summed E-state index contributed by atoms with van der Waals surface area (Å²) in [6.45, 7) is 0.235. The number of benzene rings is 1. The van der Waals surface area contributed by atoms with E-state index in [4.69, 9.17) is 27.9 Å². The second kappa shape index (κ2) is 7.41. The minimum atomic E-state index is -0.510. The highest BCUT2D eigenvalue weighted by atomic mass is 35.5. The van der Waals surface area contributed by atoms with Gasteiger partial charge in [-0.15, -0.1) is 0 Å². The van der Waals surface area contributed by atoms with E-state index >= 15 is 0 Å². The van der Waals surface area contributed by atoms with Crippen LogP contribution in [0.5, 0.6) is 5.75 Å². The molecule has 0 aliphatic carbocycles. The Bertz CT molecular complexity index is 1170. The van der Waals surface area contributed by atoms with Gasteiger partial charge in [-0.25, -0.2) is 9.18 Å². The van der Waals surface area contributed by atoms with Crippen molar-refractivity contribution in [1.29, 1.82) is 0 Å². The van der Waals surface area contributed by atoms with Gasteiger partial charge in [0.25, 0.3) is 0 Å². The monoisotopic (exact) mass is 444 g/mol. The molecule has 3 aromatic rings. The minimum absolute atomic E-state index is 0.235. The summed E-state index contributed by atoms with van der Waals surface area (Å²) in [5.74, 6) is 0.144. The summed E-state index contributed by atoms with van der Waals surface area (Å²) in [4.78, 5) is 22.3. The number of ether oxygens (including phenoxy) is 1. The largest absolute Gasteiger partial charge is 0.484 e. The highest BCUT2D eigenvalue weighted by Gasteiger charge is 2.30. The van der Waals surface area contributed by atoms with E-state index in [0.717, 1.165) is 11.1 Å². The minimum Gasteiger partial charge on any atom is -0.484 e. The van der Waals surface area contributed by atoms with E-state index in [0.29, 0.717) is 40.0 Å². The standard InChI is InChI=1S/C21H15Cl2FN4O2/c22-13-6-11-3-4-18(20-15(24)2-1-5-26-20)30-19(11)7-17(13)28-10-12-14(23)8-25-9-16(12)27-21(28)29/h1-2,5-9,18H,3-4,10H2,(H,27,29). The summed E-state index contributed by atoms with van der Waals surface area (Å²) in [5, 5.41) is 3.65. The van der Waals surface area contributed by atoms with Gasteiger partial charge in [0.2, 0.25) is 0 Å². The van der Waals surface area contributed by atoms with Crippen molar-refractivity contribution in [2.75, 3.05) is 10.2 Å². The molecule has 5 rings (SSSR count). The average molecular weight is 445 g/mol. The number of aromatic nitrogens is 2. The first-order valence-corrected chi connectivity index (χ1v) is 10.1. The van der Waals surface area contributed by atoms with Crippen LogP contribution >= 0.6 is 23.2 Å². The fourth-order valence-corrected chi connectivity index (χ4v) is 4.27. The number of fused-ring (bicyclic) bond motifs is 2. The normalized spacial score (nSPS) is 17.6. The molecule has 4 heterocycles. The number of nitrogens with zero attached hydrogens (tertiary/aromatic N) is 3. The SMILES string of the molecule is O=C1Nc2cncc(Cl)c2CN1c1cc2c(cc1Cl)CCC(c1ncccc1F)O2. The zero-order valence-electron chi connectivity index (χ0n) is 15.5. The van der Waals surface area contributed by atoms with Crippen molar-refractivity contribution in [2.24, 2.45) is 0 Å². The number of amides is 2. The van der Waals surface area contributed by atoms with Gasteiger partial charge >= 0.3 is 6.03 Å². The fourth-order valence-electron chi connectivity index (χ4n) is 3.76. The maximum atomic E-state index is 14.2. The van der Waals surface area contributed by atoms with Gasteiger partial charge in [-0.2, -0.15) is 0 Å². The van der Waals surface area contributed by atoms with E-state index in [2.05, 4.69) is 15.3 Å². The molecule has 0 fully saturated rings. The molecule has 1 atom stereocenters. The molecule has 2 aromatic heterocycles. The van der Waals surface area contributed by atoms with Crippen LogP contribution in [-0.2, 0) is 13.0 Å². The van der Waals surface area contributed by atoms with Crippen LogP contribution in [0.3, 0.4) is 0 Å². The Kier molecular flexibility index (Phi) is 4.72. The molecule has 0 bridgehead atoms. The van der Waals surface area contributed by atoms with Gasteiger partial charge in [0.05, 0.1) is 34.2 Å². The number of pyridine rings is 2. The third kappa shape index (κ3) is 3.24. The lowest BCUT2D eigenvalue weighted by atomic mass is 9.99. The first-order chi connectivity index (χ1) is 14.5. The van der Waals surface area contributed by atoms with Gasteiger partial charge in [-0.3, -0.25) is 14.9 Å². The lowest BCUT2D eigenvalue weighted by molar-refractivity contribution is 0.167. The zero-order valence-corrected chi connectivity index (χ0v) is 17.0. The van der Waals surface area contributed by atoms with Crippen molar-refractivity contribution in [1.82, 2.24) is 9.97 Å². The van der Waals surface area contributed by atoms with Crippen LogP contribution in [-0.4, -0.2) is 16.0 Å². The summed E-state index contributed by atoms with van der Waals surface area (Å²) in [6, 6.07) is 6.05. The second-order valence-corrected chi connectivity index (χ2v) is 7.91. The quantitative estimate of drug-likeness (QED) is 0.563. The topological polar surface area (TPSA) is 67.4 Å². The molecular formula is C21H15Cl2FN4O2. The molecular weight excluding hydrogens is 430 g/mol. The molecule has 6 nitrogen and oxygen atoms in total. The number of nitrogens with one attached hydrogen (secondary N) is 1. The van der Waals surface area contributed by atoms with Gasteiger partial charge in [-0.05, 0) is 36.6 Å². The smallest absolute Gasteiger partial charge is 0.326 e. The number of urea groups is 1. The molecule has 2 aliphatic heterocycles. The molecule has 9 heteroatoms. The molecule has 30 heavy (non-hydrogen) atoms. The average Bonchev–Trinajstić information content (AvgIpc) is 2.73. The van der Waals surface area contributed by atoms with Crippen LogP contribution in [0, 0.1) is 5.82 Å².